The summed E-state index contributed by atoms with van der Waals surface area (Å²) in [6, 6.07) is 13.4. The summed E-state index contributed by atoms with van der Waals surface area (Å²) in [5.74, 6) is -0.185. The molecule has 8 heteroatoms. The monoisotopic (exact) mass is 357 g/mol. The second-order valence-electron chi connectivity index (χ2n) is 5.65. The number of sulfonamides is 1. The predicted octanol–water partition coefficient (Wildman–Crippen LogP) is 2.03. The molecule has 0 N–H and O–H groups in total. The highest BCUT2D eigenvalue weighted by Crippen LogP contribution is 2.31. The lowest BCUT2D eigenvalue weighted by atomic mass is 10.2. The summed E-state index contributed by atoms with van der Waals surface area (Å²) in [6.07, 6.45) is 0. The first-order valence-corrected chi connectivity index (χ1v) is 9.13. The molecule has 2 aromatic carbocycles. The van der Waals surface area contributed by atoms with Gasteiger partial charge in [-0.05, 0) is 30.3 Å². The molecule has 0 saturated heterocycles. The van der Waals surface area contributed by atoms with Gasteiger partial charge in [-0.15, -0.1) is 0 Å². The van der Waals surface area contributed by atoms with Crippen LogP contribution in [-0.4, -0.2) is 37.6 Å². The standard InChI is InChI=1S/C17H15N3O4S/c1-24-16(21)12-5-4-6-13(11-12)25(22,23)20-10-9-19-15-8-3-2-7-14(15)18-17(19)20/h2-8,11H,9-10H2,1H3. The van der Waals surface area contributed by atoms with Gasteiger partial charge in [0.05, 0.1) is 35.1 Å². The number of carbonyl (C=O) groups excluding carboxylic acids is 1. The summed E-state index contributed by atoms with van der Waals surface area (Å²) in [7, 11) is -2.57. The highest BCUT2D eigenvalue weighted by atomic mass is 32.2. The van der Waals surface area contributed by atoms with Crippen LogP contribution >= 0.6 is 0 Å². The Bertz CT molecular complexity index is 1090. The van der Waals surface area contributed by atoms with E-state index < -0.39 is 16.0 Å². The van der Waals surface area contributed by atoms with Gasteiger partial charge in [0.25, 0.3) is 10.0 Å². The summed E-state index contributed by atoms with van der Waals surface area (Å²) in [4.78, 5) is 16.2. The Labute approximate surface area is 144 Å². The van der Waals surface area contributed by atoms with E-state index in [-0.39, 0.29) is 10.5 Å². The maximum Gasteiger partial charge on any atom is 0.337 e. The number of methoxy groups -OCH3 is 1. The molecule has 0 fully saturated rings. The first-order valence-electron chi connectivity index (χ1n) is 7.69. The van der Waals surface area contributed by atoms with Crippen LogP contribution in [-0.2, 0) is 21.3 Å². The minimum atomic E-state index is -3.82. The van der Waals surface area contributed by atoms with Crippen molar-refractivity contribution in [1.29, 1.82) is 0 Å². The van der Waals surface area contributed by atoms with Gasteiger partial charge in [0.2, 0.25) is 5.95 Å². The fourth-order valence-corrected chi connectivity index (χ4v) is 4.48. The molecular weight excluding hydrogens is 342 g/mol. The van der Waals surface area contributed by atoms with Gasteiger partial charge in [-0.3, -0.25) is 0 Å². The van der Waals surface area contributed by atoms with E-state index in [0.29, 0.717) is 19.0 Å². The smallest absolute Gasteiger partial charge is 0.337 e. The number of rotatable bonds is 3. The van der Waals surface area contributed by atoms with Gasteiger partial charge >= 0.3 is 5.97 Å². The van der Waals surface area contributed by atoms with Gasteiger partial charge < -0.3 is 9.30 Å². The molecule has 1 aromatic heterocycles. The zero-order valence-electron chi connectivity index (χ0n) is 13.4. The Hall–Kier alpha value is -2.87. The lowest BCUT2D eigenvalue weighted by Crippen LogP contribution is -2.29. The predicted molar refractivity (Wildman–Crippen MR) is 92.0 cm³/mol. The van der Waals surface area contributed by atoms with Gasteiger partial charge in [0.1, 0.15) is 0 Å². The van der Waals surface area contributed by atoms with Crippen LogP contribution in [0, 0.1) is 0 Å². The van der Waals surface area contributed by atoms with Gasteiger partial charge in [-0.2, -0.15) is 0 Å². The molecule has 128 valence electrons. The van der Waals surface area contributed by atoms with Gasteiger partial charge in [0, 0.05) is 6.54 Å². The van der Waals surface area contributed by atoms with Crippen LogP contribution in [0.1, 0.15) is 10.4 Å². The molecule has 4 rings (SSSR count). The second-order valence-corrected chi connectivity index (χ2v) is 7.51. The maximum atomic E-state index is 13.1. The summed E-state index contributed by atoms with van der Waals surface area (Å²) < 4.78 is 33.9. The zero-order valence-corrected chi connectivity index (χ0v) is 14.2. The quantitative estimate of drug-likeness (QED) is 0.670. The number of carbonyl (C=O) groups is 1. The van der Waals surface area contributed by atoms with Crippen molar-refractivity contribution in [1.82, 2.24) is 9.55 Å². The minimum absolute atomic E-state index is 0.0379. The Morgan fingerprint density at radius 2 is 1.92 bits per heavy atom. The average molecular weight is 357 g/mol. The van der Waals surface area contributed by atoms with Crippen molar-refractivity contribution in [3.8, 4) is 0 Å². The molecule has 0 amide bonds. The van der Waals surface area contributed by atoms with Crippen molar-refractivity contribution >= 4 is 33.0 Å². The van der Waals surface area contributed by atoms with Crippen LogP contribution in [0.4, 0.5) is 5.95 Å². The number of fused-ring (bicyclic) bond motifs is 3. The number of hydrogen-bond donors (Lipinski definition) is 0. The maximum absolute atomic E-state index is 13.1. The Morgan fingerprint density at radius 1 is 1.12 bits per heavy atom. The Kier molecular flexibility index (Phi) is 3.50. The average Bonchev–Trinajstić information content (AvgIpc) is 3.20. The molecule has 0 bridgehead atoms. The molecule has 3 aromatic rings. The van der Waals surface area contributed by atoms with Crippen LogP contribution < -0.4 is 4.31 Å². The highest BCUT2D eigenvalue weighted by Gasteiger charge is 2.34. The van der Waals surface area contributed by atoms with Crippen molar-refractivity contribution in [2.45, 2.75) is 11.4 Å². The molecular formula is C17H15N3O4S. The third-order valence-electron chi connectivity index (χ3n) is 4.23. The van der Waals surface area contributed by atoms with Crippen LogP contribution in [0.25, 0.3) is 11.0 Å². The van der Waals surface area contributed by atoms with Gasteiger partial charge in [-0.1, -0.05) is 18.2 Å². The summed E-state index contributed by atoms with van der Waals surface area (Å²) in [5, 5.41) is 0. The fraction of sp³-hybridized carbons (Fsp3) is 0.176. The van der Waals surface area contributed by atoms with E-state index in [4.69, 9.17) is 0 Å². The molecule has 7 nitrogen and oxygen atoms in total. The summed E-state index contributed by atoms with van der Waals surface area (Å²) in [6.45, 7) is 0.837. The normalized spacial score (nSPS) is 13.9. The van der Waals surface area contributed by atoms with Crippen molar-refractivity contribution in [3.05, 3.63) is 54.1 Å². The Balaban J connectivity index is 1.80. The molecule has 2 heterocycles. The molecule has 0 unspecified atom stereocenters. The van der Waals surface area contributed by atoms with Crippen molar-refractivity contribution < 1.29 is 17.9 Å². The molecule has 0 radical (unpaired) electrons. The van der Waals surface area contributed by atoms with Crippen molar-refractivity contribution in [2.24, 2.45) is 0 Å². The number of nitrogens with zero attached hydrogens (tertiary/aromatic N) is 3. The molecule has 0 spiro atoms. The second kappa shape index (κ2) is 5.59. The number of ether oxygens (including phenoxy) is 1. The van der Waals surface area contributed by atoms with E-state index in [9.17, 15) is 13.2 Å². The number of benzene rings is 2. The summed E-state index contributed by atoms with van der Waals surface area (Å²) >= 11 is 0. The number of aromatic nitrogens is 2. The van der Waals surface area contributed by atoms with E-state index in [1.807, 2.05) is 28.8 Å². The van der Waals surface area contributed by atoms with E-state index in [2.05, 4.69) is 9.72 Å². The SMILES string of the molecule is COC(=O)c1cccc(S(=O)(=O)N2CCn3c2nc2ccccc23)c1. The number of hydrogen-bond acceptors (Lipinski definition) is 5. The van der Waals surface area contributed by atoms with Crippen LogP contribution in [0.3, 0.4) is 0 Å². The molecule has 25 heavy (non-hydrogen) atoms. The number of para-hydroxylation sites is 2. The molecule has 0 saturated carbocycles. The summed E-state index contributed by atoms with van der Waals surface area (Å²) in [5.41, 5.74) is 1.84. The van der Waals surface area contributed by atoms with Gasteiger partial charge in [-0.25, -0.2) is 22.5 Å². The number of imidazole rings is 1. The third-order valence-corrected chi connectivity index (χ3v) is 6.00. The van der Waals surface area contributed by atoms with Crippen LogP contribution in [0.15, 0.2) is 53.4 Å². The molecule has 0 aliphatic carbocycles. The van der Waals surface area contributed by atoms with Crippen molar-refractivity contribution in [2.75, 3.05) is 18.0 Å². The van der Waals surface area contributed by atoms with Crippen LogP contribution in [0.5, 0.6) is 0 Å². The van der Waals surface area contributed by atoms with Gasteiger partial charge in [0.15, 0.2) is 0 Å². The minimum Gasteiger partial charge on any atom is -0.465 e. The third kappa shape index (κ3) is 2.37. The lowest BCUT2D eigenvalue weighted by molar-refractivity contribution is 0.0600. The molecule has 0 atom stereocenters. The highest BCUT2D eigenvalue weighted by molar-refractivity contribution is 7.92. The van der Waals surface area contributed by atoms with Crippen LogP contribution in [0.2, 0.25) is 0 Å². The van der Waals surface area contributed by atoms with E-state index in [1.165, 1.54) is 35.7 Å². The van der Waals surface area contributed by atoms with E-state index >= 15 is 0 Å². The number of esters is 1. The first-order chi connectivity index (χ1) is 12.0. The first kappa shape index (κ1) is 15.6. The van der Waals surface area contributed by atoms with Crippen molar-refractivity contribution in [3.63, 3.8) is 0 Å². The zero-order chi connectivity index (χ0) is 17.6. The molecule has 1 aliphatic heterocycles. The van der Waals surface area contributed by atoms with E-state index in [1.54, 1.807) is 0 Å². The topological polar surface area (TPSA) is 81.5 Å². The largest absolute Gasteiger partial charge is 0.465 e. The lowest BCUT2D eigenvalue weighted by Gasteiger charge is -2.16. The Morgan fingerprint density at radius 3 is 2.72 bits per heavy atom. The van der Waals surface area contributed by atoms with E-state index in [0.717, 1.165) is 11.0 Å². The number of anilines is 1. The fourth-order valence-electron chi connectivity index (χ4n) is 3.02. The molecule has 1 aliphatic rings.